The monoisotopic (exact) mass is 330 g/mol. The van der Waals surface area contributed by atoms with Crippen molar-refractivity contribution in [3.63, 3.8) is 0 Å². The smallest absolute Gasteiger partial charge is 0.209 e. The molecule has 0 radical (unpaired) electrons. The van der Waals surface area contributed by atoms with Gasteiger partial charge in [0.1, 0.15) is 12.3 Å². The van der Waals surface area contributed by atoms with Crippen molar-refractivity contribution in [2.24, 2.45) is 7.05 Å². The van der Waals surface area contributed by atoms with Crippen LogP contribution in [0.1, 0.15) is 5.56 Å². The topological polar surface area (TPSA) is 69.4 Å². The van der Waals surface area contributed by atoms with Gasteiger partial charge in [-0.25, -0.2) is 4.68 Å². The number of quaternary nitrogens is 1. The quantitative estimate of drug-likeness (QED) is 0.521. The number of benzene rings is 2. The maximum Gasteiger partial charge on any atom is 0.209 e. The summed E-state index contributed by atoms with van der Waals surface area (Å²) in [6.07, 6.45) is 0. The number of tetrazole rings is 1. The first kappa shape index (κ1) is 15.8. The maximum atomic E-state index is 5.53. The van der Waals surface area contributed by atoms with Crippen LogP contribution in [-0.2, 0) is 13.6 Å². The molecule has 0 saturated carbocycles. The first-order chi connectivity index (χ1) is 11.3. The number of hydrogen-bond acceptors (Lipinski definition) is 5. The second-order valence-corrected chi connectivity index (χ2v) is 6.24. The molecular weight excluding hydrogens is 310 g/mol. The maximum absolute atomic E-state index is 5.53. The van der Waals surface area contributed by atoms with Crippen LogP contribution < -0.4 is 10.1 Å². The van der Waals surface area contributed by atoms with Crippen LogP contribution in [0.25, 0.3) is 10.8 Å². The molecule has 0 aliphatic carbocycles. The normalized spacial score (nSPS) is 11.0. The van der Waals surface area contributed by atoms with Gasteiger partial charge in [0, 0.05) is 7.05 Å². The number of nitrogens with zero attached hydrogens (tertiary/aromatic N) is 4. The van der Waals surface area contributed by atoms with Gasteiger partial charge >= 0.3 is 0 Å². The van der Waals surface area contributed by atoms with Crippen molar-refractivity contribution < 1.29 is 10.1 Å². The molecule has 0 atom stereocenters. The van der Waals surface area contributed by atoms with Crippen molar-refractivity contribution in [2.45, 2.75) is 11.7 Å². The van der Waals surface area contributed by atoms with E-state index < -0.39 is 0 Å². The van der Waals surface area contributed by atoms with E-state index in [1.165, 1.54) is 16.3 Å². The fourth-order valence-corrected chi connectivity index (χ4v) is 3.33. The zero-order valence-corrected chi connectivity index (χ0v) is 14.1. The summed E-state index contributed by atoms with van der Waals surface area (Å²) < 4.78 is 7.22. The van der Waals surface area contributed by atoms with Gasteiger partial charge in [0.15, 0.2) is 0 Å². The van der Waals surface area contributed by atoms with Gasteiger partial charge in [-0.3, -0.25) is 0 Å². The van der Waals surface area contributed by atoms with E-state index in [0.717, 1.165) is 29.7 Å². The number of rotatable bonds is 7. The fourth-order valence-electron chi connectivity index (χ4n) is 2.54. The van der Waals surface area contributed by atoms with Gasteiger partial charge in [0.05, 0.1) is 25.0 Å². The summed E-state index contributed by atoms with van der Waals surface area (Å²) in [5.74, 6) is 1.91. The molecule has 120 valence electrons. The second kappa shape index (κ2) is 7.43. The van der Waals surface area contributed by atoms with Crippen molar-refractivity contribution in [3.8, 4) is 5.75 Å². The number of aromatic nitrogens is 4. The zero-order chi connectivity index (χ0) is 16.1. The van der Waals surface area contributed by atoms with E-state index in [2.05, 4.69) is 51.2 Å². The van der Waals surface area contributed by atoms with E-state index in [1.54, 1.807) is 23.6 Å². The van der Waals surface area contributed by atoms with Crippen LogP contribution in [-0.4, -0.2) is 39.6 Å². The number of fused-ring (bicyclic) bond motifs is 1. The lowest BCUT2D eigenvalue weighted by Crippen LogP contribution is -2.83. The van der Waals surface area contributed by atoms with Crippen molar-refractivity contribution >= 4 is 22.5 Å². The molecule has 6 nitrogen and oxygen atoms in total. The van der Waals surface area contributed by atoms with Crippen LogP contribution in [0.2, 0.25) is 0 Å². The Labute approximate surface area is 139 Å². The largest absolute Gasteiger partial charge is 0.496 e. The molecular formula is C16H20N5OS+. The lowest BCUT2D eigenvalue weighted by molar-refractivity contribution is -0.666. The summed E-state index contributed by atoms with van der Waals surface area (Å²) in [6, 6.07) is 12.6. The van der Waals surface area contributed by atoms with E-state index in [9.17, 15) is 0 Å². The molecule has 0 aliphatic heterocycles. The minimum Gasteiger partial charge on any atom is -0.496 e. The highest BCUT2D eigenvalue weighted by Crippen LogP contribution is 2.27. The number of nitrogens with two attached hydrogens (primary N) is 1. The van der Waals surface area contributed by atoms with Crippen LogP contribution in [0.5, 0.6) is 5.75 Å². The lowest BCUT2D eigenvalue weighted by Gasteiger charge is -2.11. The summed E-state index contributed by atoms with van der Waals surface area (Å²) in [5, 5.41) is 17.1. The van der Waals surface area contributed by atoms with Gasteiger partial charge in [0.25, 0.3) is 0 Å². The Morgan fingerprint density at radius 2 is 2.09 bits per heavy atom. The Balaban J connectivity index is 1.61. The fraction of sp³-hybridized carbons (Fsp3) is 0.312. The number of aryl methyl sites for hydroxylation is 1. The number of thioether (sulfide) groups is 1. The molecule has 0 bridgehead atoms. The molecule has 1 heterocycles. The molecule has 0 unspecified atom stereocenters. The molecule has 2 N–H and O–H groups in total. The third-order valence-corrected chi connectivity index (χ3v) is 4.74. The predicted molar refractivity (Wildman–Crippen MR) is 90.5 cm³/mol. The van der Waals surface area contributed by atoms with Gasteiger partial charge in [0.2, 0.25) is 5.16 Å². The second-order valence-electron chi connectivity index (χ2n) is 5.18. The molecule has 3 rings (SSSR count). The van der Waals surface area contributed by atoms with E-state index in [-0.39, 0.29) is 0 Å². The number of hydrogen-bond donors (Lipinski definition) is 1. The molecule has 7 heteroatoms. The SMILES string of the molecule is COc1ccc2ccccc2c1C[NH2+]CCSc1nnnn1C. The standard InChI is InChI=1S/C16H19N5OS/c1-21-16(18-19-20-21)23-10-9-17-11-14-13-6-4-3-5-12(13)7-8-15(14)22-2/h3-8,17H,9-11H2,1-2H3/p+1. The van der Waals surface area contributed by atoms with Crippen LogP contribution in [0, 0.1) is 0 Å². The Kier molecular flexibility index (Phi) is 5.09. The van der Waals surface area contributed by atoms with Crippen LogP contribution >= 0.6 is 11.8 Å². The molecule has 0 spiro atoms. The minimum atomic E-state index is 0.848. The van der Waals surface area contributed by atoms with Crippen LogP contribution in [0.4, 0.5) is 0 Å². The van der Waals surface area contributed by atoms with E-state index in [0.29, 0.717) is 0 Å². The van der Waals surface area contributed by atoms with E-state index in [1.807, 2.05) is 13.1 Å². The molecule has 0 fully saturated rings. The van der Waals surface area contributed by atoms with Gasteiger partial charge in [-0.15, -0.1) is 5.10 Å². The molecule has 0 amide bonds. The van der Waals surface area contributed by atoms with E-state index >= 15 is 0 Å². The summed E-state index contributed by atoms with van der Waals surface area (Å²) >= 11 is 1.67. The van der Waals surface area contributed by atoms with Gasteiger partial charge in [-0.05, 0) is 27.3 Å². The molecule has 3 aromatic rings. The summed E-state index contributed by atoms with van der Waals surface area (Å²) in [7, 11) is 3.58. The molecule has 23 heavy (non-hydrogen) atoms. The van der Waals surface area contributed by atoms with Gasteiger partial charge in [-0.2, -0.15) is 0 Å². The van der Waals surface area contributed by atoms with Crippen molar-refractivity contribution in [2.75, 3.05) is 19.4 Å². The Hall–Kier alpha value is -2.12. The molecule has 0 aliphatic rings. The van der Waals surface area contributed by atoms with Crippen LogP contribution in [0.3, 0.4) is 0 Å². The minimum absolute atomic E-state index is 0.848. The Morgan fingerprint density at radius 1 is 1.22 bits per heavy atom. The highest BCUT2D eigenvalue weighted by Gasteiger charge is 2.10. The number of methoxy groups -OCH3 is 1. The average molecular weight is 330 g/mol. The van der Waals surface area contributed by atoms with Gasteiger partial charge in [-0.1, -0.05) is 42.1 Å². The van der Waals surface area contributed by atoms with Gasteiger partial charge < -0.3 is 10.1 Å². The molecule has 2 aromatic carbocycles. The average Bonchev–Trinajstić information content (AvgIpc) is 2.99. The van der Waals surface area contributed by atoms with Crippen molar-refractivity contribution in [3.05, 3.63) is 42.0 Å². The number of ether oxygens (including phenoxy) is 1. The first-order valence-electron chi connectivity index (χ1n) is 7.51. The third-order valence-electron chi connectivity index (χ3n) is 3.70. The van der Waals surface area contributed by atoms with Crippen molar-refractivity contribution in [1.29, 1.82) is 0 Å². The van der Waals surface area contributed by atoms with Crippen LogP contribution in [0.15, 0.2) is 41.6 Å². The highest BCUT2D eigenvalue weighted by atomic mass is 32.2. The summed E-state index contributed by atoms with van der Waals surface area (Å²) in [6.45, 7) is 1.88. The Morgan fingerprint density at radius 3 is 2.87 bits per heavy atom. The zero-order valence-electron chi connectivity index (χ0n) is 13.3. The predicted octanol–water partition coefficient (Wildman–Crippen LogP) is 1.23. The summed E-state index contributed by atoms with van der Waals surface area (Å²) in [5.41, 5.74) is 1.25. The third kappa shape index (κ3) is 3.62. The lowest BCUT2D eigenvalue weighted by atomic mass is 10.0. The summed E-state index contributed by atoms with van der Waals surface area (Å²) in [4.78, 5) is 0. The Bertz CT molecular complexity index is 789. The highest BCUT2D eigenvalue weighted by molar-refractivity contribution is 7.99. The molecule has 1 aromatic heterocycles. The van der Waals surface area contributed by atoms with E-state index in [4.69, 9.17) is 4.74 Å². The first-order valence-corrected chi connectivity index (χ1v) is 8.49. The molecule has 0 saturated heterocycles. The van der Waals surface area contributed by atoms with Crippen molar-refractivity contribution in [1.82, 2.24) is 20.2 Å².